The van der Waals surface area contributed by atoms with E-state index >= 15 is 0 Å². The lowest BCUT2D eigenvalue weighted by Gasteiger charge is -2.34. The van der Waals surface area contributed by atoms with Gasteiger partial charge in [-0.05, 0) is 37.6 Å². The first-order valence-corrected chi connectivity index (χ1v) is 11.1. The van der Waals surface area contributed by atoms with Crippen LogP contribution in [0.25, 0.3) is 10.9 Å². The SMILES string of the molecule is Cc1ccc(F)c2c(C(=O)C(=O)N3CCN(C(=O)c4ccccc4)CC3)c[nH]c12.Cc1ncn[nH]1. The largest absolute Gasteiger partial charge is 0.360 e. The molecule has 180 valence electrons. The molecule has 0 aliphatic carbocycles. The van der Waals surface area contributed by atoms with Gasteiger partial charge >= 0.3 is 0 Å². The van der Waals surface area contributed by atoms with Gasteiger partial charge in [-0.2, -0.15) is 5.10 Å². The fraction of sp³-hybridized carbons (Fsp3) is 0.240. The molecule has 1 aliphatic heterocycles. The summed E-state index contributed by atoms with van der Waals surface area (Å²) in [4.78, 5) is 47.7. The monoisotopic (exact) mass is 476 g/mol. The summed E-state index contributed by atoms with van der Waals surface area (Å²) in [6.45, 7) is 4.85. The van der Waals surface area contributed by atoms with Gasteiger partial charge in [-0.25, -0.2) is 9.37 Å². The zero-order valence-corrected chi connectivity index (χ0v) is 19.4. The van der Waals surface area contributed by atoms with E-state index in [2.05, 4.69) is 20.2 Å². The molecule has 2 aromatic heterocycles. The van der Waals surface area contributed by atoms with Crippen LogP contribution >= 0.6 is 0 Å². The van der Waals surface area contributed by atoms with Crippen LogP contribution in [0.4, 0.5) is 4.39 Å². The summed E-state index contributed by atoms with van der Waals surface area (Å²) >= 11 is 0. The number of carbonyl (C=O) groups excluding carboxylic acids is 3. The van der Waals surface area contributed by atoms with E-state index in [0.717, 1.165) is 11.4 Å². The average Bonchev–Trinajstić information content (AvgIpc) is 3.56. The molecule has 0 spiro atoms. The molecule has 1 fully saturated rings. The summed E-state index contributed by atoms with van der Waals surface area (Å²) in [7, 11) is 0. The Morgan fingerprint density at radius 1 is 0.943 bits per heavy atom. The van der Waals surface area contributed by atoms with Crippen molar-refractivity contribution in [2.45, 2.75) is 13.8 Å². The van der Waals surface area contributed by atoms with Gasteiger partial charge < -0.3 is 14.8 Å². The number of piperazine rings is 1. The number of fused-ring (bicyclic) bond motifs is 1. The number of hydrogen-bond acceptors (Lipinski definition) is 5. The number of ketones is 1. The van der Waals surface area contributed by atoms with Crippen LogP contribution in [0.1, 0.15) is 32.1 Å². The van der Waals surface area contributed by atoms with Crippen molar-refractivity contribution in [3.63, 3.8) is 0 Å². The molecule has 9 nitrogen and oxygen atoms in total. The van der Waals surface area contributed by atoms with Gasteiger partial charge in [0.15, 0.2) is 0 Å². The fourth-order valence-corrected chi connectivity index (χ4v) is 3.93. The molecule has 0 unspecified atom stereocenters. The standard InChI is InChI=1S/C22H20FN3O3.C3H5N3/c1-14-7-8-17(23)18-16(13-24-19(14)18)20(27)22(29)26-11-9-25(10-12-26)21(28)15-5-3-2-4-6-15;1-3-4-2-5-6-3/h2-8,13,24H,9-12H2,1H3;2H,1H3,(H,4,5,6). The van der Waals surface area contributed by atoms with Crippen LogP contribution in [0.2, 0.25) is 0 Å². The Morgan fingerprint density at radius 2 is 1.63 bits per heavy atom. The number of amides is 2. The third-order valence-corrected chi connectivity index (χ3v) is 5.84. The second kappa shape index (κ2) is 10.3. The fourth-order valence-electron chi connectivity index (χ4n) is 3.93. The van der Waals surface area contributed by atoms with Crippen molar-refractivity contribution in [3.05, 3.63) is 83.3 Å². The van der Waals surface area contributed by atoms with Crippen LogP contribution in [-0.2, 0) is 4.79 Å². The number of hydrogen-bond donors (Lipinski definition) is 2. The lowest BCUT2D eigenvalue weighted by molar-refractivity contribution is -0.127. The Bertz CT molecular complexity index is 1340. The minimum atomic E-state index is -0.747. The van der Waals surface area contributed by atoms with Crippen molar-refractivity contribution in [1.82, 2.24) is 30.0 Å². The van der Waals surface area contributed by atoms with Crippen LogP contribution in [-0.4, -0.2) is 73.7 Å². The number of aromatic amines is 2. The summed E-state index contributed by atoms with van der Waals surface area (Å²) in [6, 6.07) is 11.8. The Labute approximate surface area is 201 Å². The third kappa shape index (κ3) is 5.11. The van der Waals surface area contributed by atoms with E-state index in [1.54, 1.807) is 42.2 Å². The van der Waals surface area contributed by atoms with E-state index in [1.807, 2.05) is 13.0 Å². The maximum absolute atomic E-state index is 14.3. The molecule has 2 aromatic carbocycles. The minimum Gasteiger partial charge on any atom is -0.360 e. The van der Waals surface area contributed by atoms with Gasteiger partial charge in [0.2, 0.25) is 0 Å². The highest BCUT2D eigenvalue weighted by Crippen LogP contribution is 2.25. The molecule has 0 atom stereocenters. The molecule has 1 aliphatic rings. The summed E-state index contributed by atoms with van der Waals surface area (Å²) in [5, 5.41) is 6.36. The average molecular weight is 477 g/mol. The van der Waals surface area contributed by atoms with Crippen molar-refractivity contribution < 1.29 is 18.8 Å². The van der Waals surface area contributed by atoms with E-state index in [4.69, 9.17) is 0 Å². The number of rotatable bonds is 3. The zero-order chi connectivity index (χ0) is 24.9. The first-order chi connectivity index (χ1) is 16.9. The number of nitrogens with one attached hydrogen (secondary N) is 2. The van der Waals surface area contributed by atoms with Gasteiger partial charge in [0.1, 0.15) is 18.0 Å². The normalized spacial score (nSPS) is 13.3. The molecule has 5 rings (SSSR count). The van der Waals surface area contributed by atoms with Gasteiger partial charge in [0.05, 0.1) is 11.1 Å². The number of aromatic nitrogens is 4. The van der Waals surface area contributed by atoms with Crippen molar-refractivity contribution in [2.24, 2.45) is 0 Å². The van der Waals surface area contributed by atoms with Crippen LogP contribution in [0.5, 0.6) is 0 Å². The van der Waals surface area contributed by atoms with Gasteiger partial charge in [-0.15, -0.1) is 0 Å². The van der Waals surface area contributed by atoms with E-state index in [-0.39, 0.29) is 29.9 Å². The van der Waals surface area contributed by atoms with Crippen LogP contribution in [0.3, 0.4) is 0 Å². The van der Waals surface area contributed by atoms with Crippen LogP contribution in [0.15, 0.2) is 55.0 Å². The summed E-state index contributed by atoms with van der Waals surface area (Å²) in [6.07, 6.45) is 2.87. The minimum absolute atomic E-state index is 0.0361. The Hall–Kier alpha value is -4.34. The molecule has 10 heteroatoms. The van der Waals surface area contributed by atoms with Gasteiger partial charge in [-0.1, -0.05) is 24.3 Å². The molecule has 0 saturated carbocycles. The number of Topliss-reactive ketones (excluding diaryl/α,β-unsaturated/α-hetero) is 1. The van der Waals surface area contributed by atoms with E-state index in [1.165, 1.54) is 23.5 Å². The van der Waals surface area contributed by atoms with Crippen molar-refractivity contribution in [2.75, 3.05) is 26.2 Å². The van der Waals surface area contributed by atoms with Crippen molar-refractivity contribution in [3.8, 4) is 0 Å². The van der Waals surface area contributed by atoms with E-state index in [9.17, 15) is 18.8 Å². The molecule has 1 saturated heterocycles. The second-order valence-electron chi connectivity index (χ2n) is 8.17. The van der Waals surface area contributed by atoms with Crippen molar-refractivity contribution >= 4 is 28.5 Å². The Morgan fingerprint density at radius 3 is 2.23 bits per heavy atom. The molecule has 2 amide bonds. The number of benzene rings is 2. The molecule has 0 bridgehead atoms. The zero-order valence-electron chi connectivity index (χ0n) is 19.4. The maximum atomic E-state index is 14.3. The first-order valence-electron chi connectivity index (χ1n) is 11.1. The number of H-pyrrole nitrogens is 2. The van der Waals surface area contributed by atoms with E-state index < -0.39 is 17.5 Å². The van der Waals surface area contributed by atoms with Crippen LogP contribution < -0.4 is 0 Å². The third-order valence-electron chi connectivity index (χ3n) is 5.84. The van der Waals surface area contributed by atoms with E-state index in [0.29, 0.717) is 24.2 Å². The van der Waals surface area contributed by atoms with Gasteiger partial charge in [-0.3, -0.25) is 19.5 Å². The quantitative estimate of drug-likeness (QED) is 0.349. The second-order valence-corrected chi connectivity index (χ2v) is 8.17. The summed E-state index contributed by atoms with van der Waals surface area (Å²) < 4.78 is 14.3. The van der Waals surface area contributed by atoms with Crippen LogP contribution in [0, 0.1) is 19.7 Å². The molecular weight excluding hydrogens is 451 g/mol. The summed E-state index contributed by atoms with van der Waals surface area (Å²) in [5.41, 5.74) is 1.93. The molecule has 4 aromatic rings. The number of nitrogens with zero attached hydrogens (tertiary/aromatic N) is 4. The predicted molar refractivity (Wildman–Crippen MR) is 127 cm³/mol. The first kappa shape index (κ1) is 23.8. The molecule has 3 heterocycles. The molecule has 35 heavy (non-hydrogen) atoms. The Balaban J connectivity index is 0.000000421. The molecular formula is C25H25FN6O3. The smallest absolute Gasteiger partial charge is 0.295 e. The maximum Gasteiger partial charge on any atom is 0.295 e. The van der Waals surface area contributed by atoms with Gasteiger partial charge in [0, 0.05) is 43.3 Å². The van der Waals surface area contributed by atoms with Crippen molar-refractivity contribution in [1.29, 1.82) is 0 Å². The highest BCUT2D eigenvalue weighted by Gasteiger charge is 2.30. The lowest BCUT2D eigenvalue weighted by Crippen LogP contribution is -2.52. The predicted octanol–water partition coefficient (Wildman–Crippen LogP) is 2.90. The molecule has 2 N–H and O–H groups in total. The highest BCUT2D eigenvalue weighted by molar-refractivity contribution is 6.45. The number of carbonyl (C=O) groups is 3. The Kier molecular flexibility index (Phi) is 7.00. The molecule has 0 radical (unpaired) electrons. The number of halogens is 1. The highest BCUT2D eigenvalue weighted by atomic mass is 19.1. The topological polar surface area (TPSA) is 115 Å². The summed E-state index contributed by atoms with van der Waals surface area (Å²) in [5.74, 6) is -1.21. The lowest BCUT2D eigenvalue weighted by atomic mass is 10.1. The number of aryl methyl sites for hydroxylation is 2. The van der Waals surface area contributed by atoms with Gasteiger partial charge in [0.25, 0.3) is 17.6 Å².